The van der Waals surface area contributed by atoms with Gasteiger partial charge in [-0.05, 0) is 0 Å². The summed E-state index contributed by atoms with van der Waals surface area (Å²) in [6.07, 6.45) is 0. The summed E-state index contributed by atoms with van der Waals surface area (Å²) in [5, 5.41) is 3.20. The smallest absolute Gasteiger partial charge is 0.226 e. The molecular weight excluding hydrogens is 320 g/mol. The summed E-state index contributed by atoms with van der Waals surface area (Å²) in [5.74, 6) is 0.0979. The van der Waals surface area contributed by atoms with Gasteiger partial charge in [0, 0.05) is 56.1 Å². The molecule has 1 aliphatic heterocycles. The summed E-state index contributed by atoms with van der Waals surface area (Å²) in [7, 11) is 0. The number of hydrogen-bond donors (Lipinski definition) is 1. The normalized spacial score (nSPS) is 17.0. The monoisotopic (exact) mass is 344 g/mol. The Morgan fingerprint density at radius 2 is 1.96 bits per heavy atom. The number of benzene rings is 1. The van der Waals surface area contributed by atoms with Crippen LogP contribution in [0.25, 0.3) is 10.6 Å². The van der Waals surface area contributed by atoms with E-state index in [1.165, 1.54) is 5.56 Å². The number of piperazine rings is 1. The summed E-state index contributed by atoms with van der Waals surface area (Å²) in [5.41, 5.74) is 7.87. The Bertz CT molecular complexity index is 665. The first-order valence-electron chi connectivity index (χ1n) is 8.38. The van der Waals surface area contributed by atoms with Gasteiger partial charge in [-0.2, -0.15) is 0 Å². The molecule has 24 heavy (non-hydrogen) atoms. The van der Waals surface area contributed by atoms with Gasteiger partial charge in [-0.15, -0.1) is 11.3 Å². The minimum absolute atomic E-state index is 0.0801. The second-order valence-corrected chi connectivity index (χ2v) is 7.11. The van der Waals surface area contributed by atoms with Crippen molar-refractivity contribution in [3.05, 3.63) is 41.4 Å². The highest BCUT2D eigenvalue weighted by Crippen LogP contribution is 2.24. The fourth-order valence-electron chi connectivity index (χ4n) is 2.86. The molecule has 2 aromatic rings. The van der Waals surface area contributed by atoms with E-state index in [4.69, 9.17) is 10.7 Å². The van der Waals surface area contributed by atoms with Crippen molar-refractivity contribution in [1.29, 1.82) is 0 Å². The predicted molar refractivity (Wildman–Crippen MR) is 97.6 cm³/mol. The van der Waals surface area contributed by atoms with E-state index in [1.807, 2.05) is 30.0 Å². The molecular formula is C18H24N4OS. The third kappa shape index (κ3) is 4.01. The summed E-state index contributed by atoms with van der Waals surface area (Å²) in [6.45, 7) is 6.49. The number of carbonyl (C=O) groups is 1. The van der Waals surface area contributed by atoms with E-state index in [2.05, 4.69) is 22.4 Å². The lowest BCUT2D eigenvalue weighted by Crippen LogP contribution is -2.50. The molecule has 0 radical (unpaired) electrons. The van der Waals surface area contributed by atoms with Gasteiger partial charge in [0.15, 0.2) is 0 Å². The maximum absolute atomic E-state index is 12.2. The quantitative estimate of drug-likeness (QED) is 0.902. The minimum atomic E-state index is -0.0801. The van der Waals surface area contributed by atoms with Gasteiger partial charge in [0.05, 0.1) is 5.69 Å². The number of rotatable bonds is 5. The first-order chi connectivity index (χ1) is 11.7. The molecule has 1 saturated heterocycles. The van der Waals surface area contributed by atoms with Gasteiger partial charge in [0.25, 0.3) is 0 Å². The van der Waals surface area contributed by atoms with Crippen LogP contribution in [0.15, 0.2) is 35.7 Å². The van der Waals surface area contributed by atoms with Crippen molar-refractivity contribution < 1.29 is 4.79 Å². The summed E-state index contributed by atoms with van der Waals surface area (Å²) in [4.78, 5) is 21.2. The van der Waals surface area contributed by atoms with Crippen molar-refractivity contribution in [3.63, 3.8) is 0 Å². The molecule has 2 N–H and O–H groups in total. The van der Waals surface area contributed by atoms with Crippen LogP contribution in [0.3, 0.4) is 0 Å². The first-order valence-corrected chi connectivity index (χ1v) is 9.26. The summed E-state index contributed by atoms with van der Waals surface area (Å²) < 4.78 is 0. The van der Waals surface area contributed by atoms with E-state index >= 15 is 0 Å². The van der Waals surface area contributed by atoms with Crippen molar-refractivity contribution in [1.82, 2.24) is 14.8 Å². The molecule has 0 saturated carbocycles. The maximum atomic E-state index is 12.2. The lowest BCUT2D eigenvalue weighted by molar-refractivity contribution is -0.136. The van der Waals surface area contributed by atoms with Crippen LogP contribution in [-0.2, 0) is 11.3 Å². The molecule has 0 aliphatic carbocycles. The second-order valence-electron chi connectivity index (χ2n) is 6.25. The number of carbonyl (C=O) groups excluding carboxylic acids is 1. The average molecular weight is 344 g/mol. The van der Waals surface area contributed by atoms with E-state index in [-0.39, 0.29) is 11.8 Å². The molecule has 1 unspecified atom stereocenters. The van der Waals surface area contributed by atoms with Gasteiger partial charge in [-0.3, -0.25) is 9.69 Å². The fourth-order valence-corrected chi connectivity index (χ4v) is 3.68. The van der Waals surface area contributed by atoms with Crippen LogP contribution in [0.5, 0.6) is 0 Å². The van der Waals surface area contributed by atoms with Crippen LogP contribution in [0.1, 0.15) is 12.6 Å². The minimum Gasteiger partial charge on any atom is -0.340 e. The van der Waals surface area contributed by atoms with E-state index in [1.54, 1.807) is 11.3 Å². The van der Waals surface area contributed by atoms with E-state index in [9.17, 15) is 4.79 Å². The largest absolute Gasteiger partial charge is 0.340 e. The zero-order valence-electron chi connectivity index (χ0n) is 14.0. The summed E-state index contributed by atoms with van der Waals surface area (Å²) >= 11 is 1.69. The molecule has 3 rings (SSSR count). The fraction of sp³-hybridized carbons (Fsp3) is 0.444. The van der Waals surface area contributed by atoms with E-state index in [0.29, 0.717) is 6.54 Å². The van der Waals surface area contributed by atoms with Gasteiger partial charge in [-0.1, -0.05) is 37.3 Å². The Morgan fingerprint density at radius 1 is 1.25 bits per heavy atom. The highest BCUT2D eigenvalue weighted by Gasteiger charge is 2.24. The van der Waals surface area contributed by atoms with Crippen LogP contribution in [-0.4, -0.2) is 53.4 Å². The number of thiazole rings is 1. The number of nitrogens with two attached hydrogens (primary N) is 1. The summed E-state index contributed by atoms with van der Waals surface area (Å²) in [6, 6.07) is 10.3. The van der Waals surface area contributed by atoms with Crippen molar-refractivity contribution in [2.45, 2.75) is 13.5 Å². The molecule has 1 atom stereocenters. The topological polar surface area (TPSA) is 62.5 Å². The molecule has 5 nitrogen and oxygen atoms in total. The van der Waals surface area contributed by atoms with Gasteiger partial charge in [-0.25, -0.2) is 4.98 Å². The van der Waals surface area contributed by atoms with Gasteiger partial charge < -0.3 is 10.6 Å². The lowest BCUT2D eigenvalue weighted by atomic mass is 10.1. The molecule has 2 heterocycles. The molecule has 1 aliphatic rings. The third-order valence-electron chi connectivity index (χ3n) is 4.42. The highest BCUT2D eigenvalue weighted by atomic mass is 32.1. The van der Waals surface area contributed by atoms with Gasteiger partial charge >= 0.3 is 0 Å². The number of amides is 1. The van der Waals surface area contributed by atoms with Crippen molar-refractivity contribution in [3.8, 4) is 10.6 Å². The van der Waals surface area contributed by atoms with E-state index < -0.39 is 0 Å². The van der Waals surface area contributed by atoms with Crippen molar-refractivity contribution in [2.24, 2.45) is 11.7 Å². The number of nitrogens with zero attached hydrogens (tertiary/aromatic N) is 3. The molecule has 6 heteroatoms. The Hall–Kier alpha value is -1.76. The van der Waals surface area contributed by atoms with Crippen LogP contribution in [0.4, 0.5) is 0 Å². The Balaban J connectivity index is 1.54. The average Bonchev–Trinajstić information content (AvgIpc) is 3.10. The predicted octanol–water partition coefficient (Wildman–Crippen LogP) is 2.05. The molecule has 128 valence electrons. The second kappa shape index (κ2) is 7.88. The lowest BCUT2D eigenvalue weighted by Gasteiger charge is -2.35. The SMILES string of the molecule is CC(CN)C(=O)N1CCN(Cc2csc(-c3ccccc3)n2)CC1. The molecule has 1 aromatic carbocycles. The van der Waals surface area contributed by atoms with Crippen molar-refractivity contribution in [2.75, 3.05) is 32.7 Å². The highest BCUT2D eigenvalue weighted by molar-refractivity contribution is 7.13. The van der Waals surface area contributed by atoms with Crippen LogP contribution >= 0.6 is 11.3 Å². The molecule has 1 fully saturated rings. The first kappa shape index (κ1) is 17.1. The van der Waals surface area contributed by atoms with Gasteiger partial charge in [0.1, 0.15) is 5.01 Å². The molecule has 1 aromatic heterocycles. The van der Waals surface area contributed by atoms with Crippen molar-refractivity contribution >= 4 is 17.2 Å². The number of aromatic nitrogens is 1. The zero-order chi connectivity index (χ0) is 16.9. The van der Waals surface area contributed by atoms with Gasteiger partial charge in [0.2, 0.25) is 5.91 Å². The van der Waals surface area contributed by atoms with E-state index in [0.717, 1.165) is 43.4 Å². The van der Waals surface area contributed by atoms with Crippen LogP contribution in [0, 0.1) is 5.92 Å². The molecule has 0 spiro atoms. The molecule has 1 amide bonds. The van der Waals surface area contributed by atoms with Crippen LogP contribution < -0.4 is 5.73 Å². The van der Waals surface area contributed by atoms with Crippen LogP contribution in [0.2, 0.25) is 0 Å². The zero-order valence-corrected chi connectivity index (χ0v) is 14.8. The number of hydrogen-bond acceptors (Lipinski definition) is 5. The Morgan fingerprint density at radius 3 is 2.62 bits per heavy atom. The Labute approximate surface area is 147 Å². The third-order valence-corrected chi connectivity index (χ3v) is 5.36. The maximum Gasteiger partial charge on any atom is 0.226 e. The molecule has 0 bridgehead atoms. The standard InChI is InChI=1S/C18H24N4OS/c1-14(11-19)18(23)22-9-7-21(8-10-22)12-16-13-24-17(20-16)15-5-3-2-4-6-15/h2-6,13-14H,7-12,19H2,1H3. The Kier molecular flexibility index (Phi) is 5.60.